The second-order valence-corrected chi connectivity index (χ2v) is 6.34. The van der Waals surface area contributed by atoms with Crippen LogP contribution in [-0.2, 0) is 0 Å². The van der Waals surface area contributed by atoms with E-state index in [0.29, 0.717) is 11.1 Å². The number of nitrogens with zero attached hydrogens (tertiary/aromatic N) is 2. The maximum atomic E-state index is 5.97. The minimum absolute atomic E-state index is 0.584. The lowest BCUT2D eigenvalue weighted by Crippen LogP contribution is -2.38. The van der Waals surface area contributed by atoms with Crippen molar-refractivity contribution in [1.29, 1.82) is 0 Å². The topological polar surface area (TPSA) is 28.2 Å². The van der Waals surface area contributed by atoms with Crippen molar-refractivity contribution in [1.82, 2.24) is 10.3 Å². The van der Waals surface area contributed by atoms with Crippen molar-refractivity contribution in [2.45, 2.75) is 38.6 Å². The quantitative estimate of drug-likeness (QED) is 0.848. The van der Waals surface area contributed by atoms with Gasteiger partial charge in [-0.15, -0.1) is 0 Å². The molecule has 1 unspecified atom stereocenters. The Morgan fingerprint density at radius 1 is 1.58 bits per heavy atom. The van der Waals surface area contributed by atoms with Crippen LogP contribution in [0.1, 0.15) is 32.6 Å². The van der Waals surface area contributed by atoms with Crippen molar-refractivity contribution >= 4 is 33.3 Å². The fourth-order valence-electron chi connectivity index (χ4n) is 2.45. The summed E-state index contributed by atoms with van der Waals surface area (Å²) in [6, 6.07) is 2.51. The summed E-state index contributed by atoms with van der Waals surface area (Å²) in [7, 11) is 0. The summed E-state index contributed by atoms with van der Waals surface area (Å²) >= 11 is 9.55. The van der Waals surface area contributed by atoms with Crippen molar-refractivity contribution in [3.63, 3.8) is 0 Å². The summed E-state index contributed by atoms with van der Waals surface area (Å²) in [4.78, 5) is 6.86. The number of nitrogens with one attached hydrogen (secondary N) is 1. The van der Waals surface area contributed by atoms with Gasteiger partial charge in [-0.2, -0.15) is 0 Å². The van der Waals surface area contributed by atoms with Gasteiger partial charge in [-0.1, -0.05) is 24.9 Å². The Labute approximate surface area is 128 Å². The minimum atomic E-state index is 0.584. The number of hydrogen-bond acceptors (Lipinski definition) is 3. The maximum Gasteiger partial charge on any atom is 0.143 e. The van der Waals surface area contributed by atoms with Gasteiger partial charge in [0.15, 0.2) is 0 Å². The fourth-order valence-corrected chi connectivity index (χ4v) is 3.34. The number of rotatable bonds is 6. The third-order valence-corrected chi connectivity index (χ3v) is 4.26. The average Bonchev–Trinajstić information content (AvgIpc) is 2.88. The molecule has 0 aromatic carbocycles. The molecule has 1 aliphatic rings. The first-order valence-electron chi connectivity index (χ1n) is 7.00. The predicted molar refractivity (Wildman–Crippen MR) is 85.1 cm³/mol. The summed E-state index contributed by atoms with van der Waals surface area (Å²) in [6.07, 6.45) is 6.64. The summed E-state index contributed by atoms with van der Waals surface area (Å²) in [5.74, 6) is 1.01. The number of anilines is 1. The molecule has 0 aliphatic carbocycles. The summed E-state index contributed by atoms with van der Waals surface area (Å²) in [5.41, 5.74) is 0. The molecule has 0 amide bonds. The first kappa shape index (κ1) is 15.1. The van der Waals surface area contributed by atoms with Gasteiger partial charge in [0.05, 0.1) is 9.50 Å². The van der Waals surface area contributed by atoms with Crippen LogP contribution in [0.25, 0.3) is 0 Å². The van der Waals surface area contributed by atoms with E-state index in [1.54, 1.807) is 6.20 Å². The largest absolute Gasteiger partial charge is 0.354 e. The molecular formula is C14H21BrClN3. The number of unbranched alkanes of at least 4 members (excludes halogenated alkanes) is 1. The van der Waals surface area contributed by atoms with Gasteiger partial charge in [0.2, 0.25) is 0 Å². The Hall–Kier alpha value is -0.320. The first-order chi connectivity index (χ1) is 9.20. The van der Waals surface area contributed by atoms with Crippen LogP contribution < -0.4 is 10.2 Å². The van der Waals surface area contributed by atoms with Gasteiger partial charge < -0.3 is 10.2 Å². The smallest absolute Gasteiger partial charge is 0.143 e. The Bertz CT molecular complexity index is 408. The van der Waals surface area contributed by atoms with Gasteiger partial charge in [0.1, 0.15) is 5.82 Å². The van der Waals surface area contributed by atoms with Gasteiger partial charge >= 0.3 is 0 Å². The molecule has 1 atom stereocenters. The first-order valence-corrected chi connectivity index (χ1v) is 8.17. The van der Waals surface area contributed by atoms with Gasteiger partial charge in [-0.25, -0.2) is 4.98 Å². The summed E-state index contributed by atoms with van der Waals surface area (Å²) in [5, 5.41) is 4.22. The summed E-state index contributed by atoms with van der Waals surface area (Å²) in [6.45, 7) is 5.42. The highest BCUT2D eigenvalue weighted by Crippen LogP contribution is 2.27. The third-order valence-electron chi connectivity index (χ3n) is 3.47. The Morgan fingerprint density at radius 2 is 2.42 bits per heavy atom. The molecule has 5 heteroatoms. The molecule has 1 saturated heterocycles. The SMILES string of the molecule is CCCCN(CC1CCCN1)c1ncc(Cl)cc1Br. The Kier molecular flexibility index (Phi) is 5.92. The van der Waals surface area contributed by atoms with E-state index in [9.17, 15) is 0 Å². The molecule has 0 spiro atoms. The van der Waals surface area contributed by atoms with Crippen LogP contribution in [0.2, 0.25) is 5.02 Å². The maximum absolute atomic E-state index is 5.97. The lowest BCUT2D eigenvalue weighted by Gasteiger charge is -2.27. The molecule has 19 heavy (non-hydrogen) atoms. The highest BCUT2D eigenvalue weighted by molar-refractivity contribution is 9.10. The zero-order valence-electron chi connectivity index (χ0n) is 11.3. The fraction of sp³-hybridized carbons (Fsp3) is 0.643. The van der Waals surface area contributed by atoms with Crippen LogP contribution in [0.4, 0.5) is 5.82 Å². The monoisotopic (exact) mass is 345 g/mol. The second kappa shape index (κ2) is 7.46. The second-order valence-electron chi connectivity index (χ2n) is 5.05. The number of aromatic nitrogens is 1. The van der Waals surface area contributed by atoms with E-state index < -0.39 is 0 Å². The van der Waals surface area contributed by atoms with Crippen LogP contribution in [0.3, 0.4) is 0 Å². The van der Waals surface area contributed by atoms with Crippen LogP contribution >= 0.6 is 27.5 Å². The van der Waals surface area contributed by atoms with E-state index in [0.717, 1.165) is 29.9 Å². The molecule has 1 aromatic heterocycles. The van der Waals surface area contributed by atoms with Crippen molar-refractivity contribution in [3.05, 3.63) is 21.8 Å². The average molecular weight is 347 g/mol. The molecule has 1 N–H and O–H groups in total. The van der Waals surface area contributed by atoms with E-state index in [4.69, 9.17) is 11.6 Å². The van der Waals surface area contributed by atoms with Crippen LogP contribution in [0.15, 0.2) is 16.7 Å². The normalized spacial score (nSPS) is 18.8. The van der Waals surface area contributed by atoms with Crippen LogP contribution in [0.5, 0.6) is 0 Å². The Morgan fingerprint density at radius 3 is 3.05 bits per heavy atom. The summed E-state index contributed by atoms with van der Waals surface area (Å²) < 4.78 is 0.981. The van der Waals surface area contributed by atoms with Gasteiger partial charge in [0.25, 0.3) is 0 Å². The van der Waals surface area contributed by atoms with E-state index in [1.807, 2.05) is 6.07 Å². The molecule has 106 valence electrons. The van der Waals surface area contributed by atoms with E-state index in [1.165, 1.54) is 25.7 Å². The van der Waals surface area contributed by atoms with E-state index in [-0.39, 0.29) is 0 Å². The highest BCUT2D eigenvalue weighted by atomic mass is 79.9. The third kappa shape index (κ3) is 4.33. The van der Waals surface area contributed by atoms with Crippen molar-refractivity contribution in [3.8, 4) is 0 Å². The standard InChI is InChI=1S/C14H21BrClN3/c1-2-3-7-19(10-12-5-4-6-17-12)14-13(15)8-11(16)9-18-14/h8-9,12,17H,2-7,10H2,1H3. The van der Waals surface area contributed by atoms with E-state index in [2.05, 4.69) is 38.1 Å². The molecule has 2 rings (SSSR count). The van der Waals surface area contributed by atoms with Crippen molar-refractivity contribution in [2.24, 2.45) is 0 Å². The molecule has 1 fully saturated rings. The highest BCUT2D eigenvalue weighted by Gasteiger charge is 2.20. The zero-order chi connectivity index (χ0) is 13.7. The van der Waals surface area contributed by atoms with Crippen LogP contribution in [0, 0.1) is 0 Å². The molecule has 1 aromatic rings. The molecule has 0 bridgehead atoms. The molecule has 2 heterocycles. The lowest BCUT2D eigenvalue weighted by molar-refractivity contribution is 0.568. The predicted octanol–water partition coefficient (Wildman–Crippen LogP) is 3.86. The molecular weight excluding hydrogens is 326 g/mol. The van der Waals surface area contributed by atoms with Gasteiger partial charge in [-0.05, 0) is 47.8 Å². The van der Waals surface area contributed by atoms with Crippen molar-refractivity contribution in [2.75, 3.05) is 24.5 Å². The Balaban J connectivity index is 2.10. The van der Waals surface area contributed by atoms with Crippen molar-refractivity contribution < 1.29 is 0 Å². The van der Waals surface area contributed by atoms with E-state index >= 15 is 0 Å². The molecule has 3 nitrogen and oxygen atoms in total. The van der Waals surface area contributed by atoms with Crippen LogP contribution in [-0.4, -0.2) is 30.7 Å². The zero-order valence-corrected chi connectivity index (χ0v) is 13.7. The minimum Gasteiger partial charge on any atom is -0.354 e. The molecule has 0 saturated carbocycles. The number of hydrogen-bond donors (Lipinski definition) is 1. The number of pyridine rings is 1. The van der Waals surface area contributed by atoms with Gasteiger partial charge in [0, 0.05) is 25.3 Å². The number of halogens is 2. The molecule has 0 radical (unpaired) electrons. The lowest BCUT2D eigenvalue weighted by atomic mass is 10.2. The molecule has 1 aliphatic heterocycles. The van der Waals surface area contributed by atoms with Gasteiger partial charge in [-0.3, -0.25) is 0 Å².